The third kappa shape index (κ3) is 2.46. The van der Waals surface area contributed by atoms with Gasteiger partial charge in [0.25, 0.3) is 0 Å². The molecule has 0 aromatic carbocycles. The van der Waals surface area contributed by atoms with Crippen molar-refractivity contribution in [2.24, 2.45) is 28.6 Å². The van der Waals surface area contributed by atoms with Gasteiger partial charge in [-0.1, -0.05) is 13.8 Å². The first-order chi connectivity index (χ1) is 13.8. The maximum absolute atomic E-state index is 11.5. The molecule has 1 spiro atoms. The summed E-state index contributed by atoms with van der Waals surface area (Å²) < 4.78 is 6.46. The Bertz CT molecular complexity index is 681. The van der Waals surface area contributed by atoms with E-state index < -0.39 is 0 Å². The van der Waals surface area contributed by atoms with Gasteiger partial charge in [-0.05, 0) is 68.7 Å². The molecule has 2 saturated heterocycles. The average molecular weight is 405 g/mol. The first-order valence-corrected chi connectivity index (χ1v) is 12.2. The largest absolute Gasteiger partial charge is 0.393 e. The van der Waals surface area contributed by atoms with E-state index in [0.717, 1.165) is 58.3 Å². The molecule has 0 aromatic rings. The number of hydrogen-bond acceptors (Lipinski definition) is 5. The van der Waals surface area contributed by atoms with Crippen LogP contribution in [-0.4, -0.2) is 83.2 Å². The SMILES string of the molecule is CN1CCN([C@H]2C[C@H]3[C@@H]4C[C@@H]5O[C@@]56C[C@@H](O)CC[C@]6(C)[C@H]4CC[C@]3(C)[C@H]2O)CC1. The van der Waals surface area contributed by atoms with Crippen LogP contribution >= 0.6 is 0 Å². The molecule has 5 nitrogen and oxygen atoms in total. The molecule has 10 atom stereocenters. The molecule has 0 radical (unpaired) electrons. The van der Waals surface area contributed by atoms with Crippen molar-refractivity contribution in [2.45, 2.75) is 88.7 Å². The quantitative estimate of drug-likeness (QED) is 0.656. The summed E-state index contributed by atoms with van der Waals surface area (Å²) in [6, 6.07) is 0.338. The summed E-state index contributed by atoms with van der Waals surface area (Å²) in [7, 11) is 2.21. The summed E-state index contributed by atoms with van der Waals surface area (Å²) in [6.45, 7) is 9.32. The lowest BCUT2D eigenvalue weighted by Gasteiger charge is -2.58. The van der Waals surface area contributed by atoms with Gasteiger partial charge >= 0.3 is 0 Å². The first-order valence-electron chi connectivity index (χ1n) is 12.2. The maximum Gasteiger partial charge on any atom is 0.103 e. The minimum absolute atomic E-state index is 0.0341. The zero-order valence-corrected chi connectivity index (χ0v) is 18.5. The second-order valence-corrected chi connectivity index (χ2v) is 12.1. The zero-order chi connectivity index (χ0) is 20.2. The molecule has 0 unspecified atom stereocenters. The highest BCUT2D eigenvalue weighted by Crippen LogP contribution is 2.73. The van der Waals surface area contributed by atoms with E-state index in [4.69, 9.17) is 4.74 Å². The number of piperazine rings is 1. The van der Waals surface area contributed by atoms with Crippen molar-refractivity contribution in [3.05, 3.63) is 0 Å². The van der Waals surface area contributed by atoms with E-state index in [1.54, 1.807) is 0 Å². The number of ether oxygens (including phenoxy) is 1. The Morgan fingerprint density at radius 1 is 0.931 bits per heavy atom. The van der Waals surface area contributed by atoms with E-state index in [0.29, 0.717) is 29.9 Å². The Morgan fingerprint density at radius 2 is 1.69 bits per heavy atom. The van der Waals surface area contributed by atoms with Crippen LogP contribution in [0.2, 0.25) is 0 Å². The summed E-state index contributed by atoms with van der Waals surface area (Å²) >= 11 is 0. The number of fused-ring (bicyclic) bond motifs is 4. The predicted octanol–water partition coefficient (Wildman–Crippen LogP) is 2.11. The predicted molar refractivity (Wildman–Crippen MR) is 111 cm³/mol. The van der Waals surface area contributed by atoms with Crippen LogP contribution in [0.3, 0.4) is 0 Å². The molecule has 29 heavy (non-hydrogen) atoms. The standard InChI is InChI=1S/C24H40N2O3/c1-22-6-5-17-16(12-20-24(29-20)14-15(27)4-7-23(17,24)2)18(22)13-19(21(22)28)26-10-8-25(3)9-11-26/h15-21,27-28H,4-14H2,1-3H3/t15-,16+,17-,18-,19-,20-,21-,22-,23+,24-/m0/s1. The molecule has 0 amide bonds. The van der Waals surface area contributed by atoms with Crippen LogP contribution in [-0.2, 0) is 4.74 Å². The number of aliphatic hydroxyl groups excluding tert-OH is 2. The van der Waals surface area contributed by atoms with Crippen LogP contribution in [0.5, 0.6) is 0 Å². The highest BCUT2D eigenvalue weighted by atomic mass is 16.6. The fourth-order valence-electron chi connectivity index (χ4n) is 9.15. The summed E-state index contributed by atoms with van der Waals surface area (Å²) in [4.78, 5) is 5.01. The molecule has 2 N–H and O–H groups in total. The first kappa shape index (κ1) is 19.5. The smallest absolute Gasteiger partial charge is 0.103 e. The summed E-state index contributed by atoms with van der Waals surface area (Å²) in [6.07, 6.45) is 7.61. The van der Waals surface area contributed by atoms with Gasteiger partial charge in [0.15, 0.2) is 0 Å². The molecule has 164 valence electrons. The highest BCUT2D eigenvalue weighted by molar-refractivity contribution is 5.24. The monoisotopic (exact) mass is 404 g/mol. The molecule has 6 aliphatic rings. The molecule has 4 saturated carbocycles. The van der Waals surface area contributed by atoms with Crippen molar-refractivity contribution in [1.29, 1.82) is 0 Å². The van der Waals surface area contributed by atoms with Gasteiger partial charge in [0.2, 0.25) is 0 Å². The normalized spacial score (nSPS) is 60.1. The van der Waals surface area contributed by atoms with E-state index in [9.17, 15) is 10.2 Å². The van der Waals surface area contributed by atoms with E-state index in [1.807, 2.05) is 0 Å². The summed E-state index contributed by atoms with van der Waals surface area (Å²) in [5, 5.41) is 21.9. The molecule has 6 rings (SSSR count). The number of hydrogen-bond donors (Lipinski definition) is 2. The molecule has 4 aliphatic carbocycles. The number of likely N-dealkylation sites (N-methyl/N-ethyl adjacent to an activating group) is 1. The average Bonchev–Trinajstić information content (AvgIpc) is 3.32. The Balaban J connectivity index is 1.28. The third-order valence-corrected chi connectivity index (χ3v) is 11.0. The molecule has 0 aromatic heterocycles. The number of epoxide rings is 1. The number of aliphatic hydroxyl groups is 2. The Kier molecular flexibility index (Phi) is 4.16. The number of rotatable bonds is 1. The molecular formula is C24H40N2O3. The lowest BCUT2D eigenvalue weighted by molar-refractivity contribution is -0.123. The minimum atomic E-state index is -0.190. The van der Waals surface area contributed by atoms with Gasteiger partial charge in [-0.3, -0.25) is 4.90 Å². The molecular weight excluding hydrogens is 364 g/mol. The summed E-state index contributed by atoms with van der Waals surface area (Å²) in [5.74, 6) is 2.00. The summed E-state index contributed by atoms with van der Waals surface area (Å²) in [5.41, 5.74) is 0.250. The van der Waals surface area contributed by atoms with Crippen molar-refractivity contribution >= 4 is 0 Å². The zero-order valence-electron chi connectivity index (χ0n) is 18.5. The Labute approximate surface area is 175 Å². The maximum atomic E-state index is 11.5. The van der Waals surface area contributed by atoms with Crippen LogP contribution < -0.4 is 0 Å². The van der Waals surface area contributed by atoms with Gasteiger partial charge in [0, 0.05) is 44.1 Å². The Morgan fingerprint density at radius 3 is 2.45 bits per heavy atom. The van der Waals surface area contributed by atoms with Gasteiger partial charge in [-0.2, -0.15) is 0 Å². The van der Waals surface area contributed by atoms with Gasteiger partial charge in [-0.15, -0.1) is 0 Å². The minimum Gasteiger partial charge on any atom is -0.393 e. The van der Waals surface area contributed by atoms with Crippen LogP contribution in [0.15, 0.2) is 0 Å². The van der Waals surface area contributed by atoms with Crippen molar-refractivity contribution in [2.75, 3.05) is 33.2 Å². The van der Waals surface area contributed by atoms with Gasteiger partial charge in [0.05, 0.1) is 18.3 Å². The highest BCUT2D eigenvalue weighted by Gasteiger charge is 2.76. The second kappa shape index (κ2) is 6.19. The van der Waals surface area contributed by atoms with Gasteiger partial charge in [0.1, 0.15) is 5.60 Å². The fraction of sp³-hybridized carbons (Fsp3) is 1.00. The van der Waals surface area contributed by atoms with Crippen molar-refractivity contribution in [1.82, 2.24) is 9.80 Å². The van der Waals surface area contributed by atoms with Gasteiger partial charge in [-0.25, -0.2) is 0 Å². The fourth-order valence-corrected chi connectivity index (χ4v) is 9.15. The molecule has 2 aliphatic heterocycles. The number of nitrogens with zero attached hydrogens (tertiary/aromatic N) is 2. The van der Waals surface area contributed by atoms with Crippen LogP contribution in [0.25, 0.3) is 0 Å². The molecule has 0 bridgehead atoms. The molecule has 5 heteroatoms. The van der Waals surface area contributed by atoms with E-state index >= 15 is 0 Å². The van der Waals surface area contributed by atoms with E-state index in [2.05, 4.69) is 30.7 Å². The van der Waals surface area contributed by atoms with E-state index in [1.165, 1.54) is 12.8 Å². The Hall–Kier alpha value is -0.200. The third-order valence-electron chi connectivity index (χ3n) is 11.0. The van der Waals surface area contributed by atoms with E-state index in [-0.39, 0.29) is 28.6 Å². The molecule has 6 fully saturated rings. The molecule has 2 heterocycles. The van der Waals surface area contributed by atoms with Crippen molar-refractivity contribution < 1.29 is 14.9 Å². The van der Waals surface area contributed by atoms with Crippen molar-refractivity contribution in [3.63, 3.8) is 0 Å². The van der Waals surface area contributed by atoms with Crippen LogP contribution in [0.4, 0.5) is 0 Å². The van der Waals surface area contributed by atoms with Crippen LogP contribution in [0.1, 0.15) is 58.8 Å². The van der Waals surface area contributed by atoms with Crippen molar-refractivity contribution in [3.8, 4) is 0 Å². The lowest BCUT2D eigenvalue weighted by Crippen LogP contribution is -2.59. The van der Waals surface area contributed by atoms with Gasteiger partial charge < -0.3 is 19.8 Å². The topological polar surface area (TPSA) is 59.5 Å². The second-order valence-electron chi connectivity index (χ2n) is 12.1. The lowest BCUT2D eigenvalue weighted by atomic mass is 9.45. The van der Waals surface area contributed by atoms with Crippen LogP contribution in [0, 0.1) is 28.6 Å².